The molecule has 0 saturated carbocycles. The number of hydrogen-bond donors (Lipinski definition) is 3. The number of methoxy groups -OCH3 is 1. The van der Waals surface area contributed by atoms with Crippen LogP contribution in [0.3, 0.4) is 0 Å². The number of pyridine rings is 3. The third-order valence-corrected chi connectivity index (χ3v) is 6.34. The monoisotopic (exact) mass is 554 g/mol. The Labute approximate surface area is 225 Å². The second kappa shape index (κ2) is 12.6. The average molecular weight is 555 g/mol. The highest BCUT2D eigenvalue weighted by molar-refractivity contribution is 5.94. The van der Waals surface area contributed by atoms with E-state index in [0.717, 1.165) is 37.8 Å². The summed E-state index contributed by atoms with van der Waals surface area (Å²) < 4.78 is 25.1. The number of β-amino-alcohol motifs (C(OH)–C–C–N with tert-alkyl or cyclic N) is 1. The van der Waals surface area contributed by atoms with E-state index < -0.39 is 11.9 Å². The van der Waals surface area contributed by atoms with Gasteiger partial charge in [-0.25, -0.2) is 14.4 Å². The summed E-state index contributed by atoms with van der Waals surface area (Å²) in [5.74, 6) is 0.578. The number of halogens is 3. The third kappa shape index (κ3) is 6.55. The second-order valence-electron chi connectivity index (χ2n) is 8.70. The number of hydrogen-bond acceptors (Lipinski definition) is 9. The Bertz CT molecular complexity index is 1250. The maximum atomic E-state index is 14.6. The predicted octanol–water partition coefficient (Wildman–Crippen LogP) is 2.63. The van der Waals surface area contributed by atoms with Gasteiger partial charge in [0.25, 0.3) is 5.91 Å². The summed E-state index contributed by atoms with van der Waals surface area (Å²) >= 11 is 0. The molecule has 3 aromatic heterocycles. The molecule has 200 valence electrons. The van der Waals surface area contributed by atoms with Crippen LogP contribution in [0.4, 0.5) is 10.2 Å². The minimum absolute atomic E-state index is 0. The summed E-state index contributed by atoms with van der Waals surface area (Å²) in [6.45, 7) is 2.40. The first-order valence-electron chi connectivity index (χ1n) is 11.6. The van der Waals surface area contributed by atoms with Crippen molar-refractivity contribution < 1.29 is 23.8 Å². The van der Waals surface area contributed by atoms with Crippen LogP contribution in [0, 0.1) is 5.82 Å². The van der Waals surface area contributed by atoms with Crippen molar-refractivity contribution in [2.24, 2.45) is 0 Å². The first kappa shape index (κ1) is 28.7. The number of aliphatic hydroxyl groups is 1. The number of ether oxygens (including phenoxy) is 2. The summed E-state index contributed by atoms with van der Waals surface area (Å²) in [4.78, 5) is 26.5. The molecule has 1 atom stereocenters. The number of fused-ring (bicyclic) bond motifs is 2. The van der Waals surface area contributed by atoms with E-state index >= 15 is 0 Å². The number of likely N-dealkylation sites (tertiary alicyclic amines) is 1. The molecular formula is C24H29Cl2FN6O4. The molecule has 13 heteroatoms. The van der Waals surface area contributed by atoms with E-state index in [1.54, 1.807) is 12.1 Å². The fraction of sp³-hybridized carbons (Fsp3) is 0.417. The Kier molecular flexibility index (Phi) is 9.80. The topological polar surface area (TPSA) is 122 Å². The van der Waals surface area contributed by atoms with Gasteiger partial charge < -0.3 is 30.1 Å². The first-order valence-corrected chi connectivity index (χ1v) is 11.6. The van der Waals surface area contributed by atoms with Crippen LogP contribution < -0.4 is 20.1 Å². The van der Waals surface area contributed by atoms with E-state index in [9.17, 15) is 14.3 Å². The van der Waals surface area contributed by atoms with Gasteiger partial charge in [-0.3, -0.25) is 9.78 Å². The highest BCUT2D eigenvalue weighted by Crippen LogP contribution is 2.28. The molecule has 3 aromatic rings. The fourth-order valence-electron chi connectivity index (χ4n) is 4.48. The van der Waals surface area contributed by atoms with Crippen molar-refractivity contribution in [2.45, 2.75) is 31.5 Å². The number of nitrogens with one attached hydrogen (secondary N) is 2. The van der Waals surface area contributed by atoms with Crippen molar-refractivity contribution in [1.29, 1.82) is 0 Å². The molecule has 1 amide bonds. The van der Waals surface area contributed by atoms with E-state index in [1.807, 2.05) is 12.1 Å². The van der Waals surface area contributed by atoms with Crippen molar-refractivity contribution in [3.63, 3.8) is 0 Å². The number of piperidine rings is 1. The highest BCUT2D eigenvalue weighted by Gasteiger charge is 2.25. The zero-order valence-electron chi connectivity index (χ0n) is 20.1. The van der Waals surface area contributed by atoms with Gasteiger partial charge in [0.15, 0.2) is 18.2 Å². The average Bonchev–Trinajstić information content (AvgIpc) is 2.87. The molecule has 2 aliphatic heterocycles. The zero-order valence-corrected chi connectivity index (χ0v) is 21.8. The number of aromatic nitrogens is 3. The molecule has 1 saturated heterocycles. The van der Waals surface area contributed by atoms with E-state index in [1.165, 1.54) is 7.11 Å². The van der Waals surface area contributed by atoms with E-state index in [4.69, 9.17) is 9.47 Å². The molecule has 3 N–H and O–H groups in total. The van der Waals surface area contributed by atoms with Crippen LogP contribution in [-0.4, -0.2) is 70.3 Å². The maximum absolute atomic E-state index is 14.6. The largest absolute Gasteiger partial charge is 0.481 e. The van der Waals surface area contributed by atoms with Crippen LogP contribution in [0.15, 0.2) is 30.5 Å². The van der Waals surface area contributed by atoms with Crippen molar-refractivity contribution >= 4 is 47.6 Å². The number of anilines is 1. The Morgan fingerprint density at radius 3 is 2.78 bits per heavy atom. The van der Waals surface area contributed by atoms with Crippen molar-refractivity contribution in [3.8, 4) is 11.6 Å². The van der Waals surface area contributed by atoms with Crippen LogP contribution in [0.5, 0.6) is 11.6 Å². The van der Waals surface area contributed by atoms with Crippen LogP contribution in [0.25, 0.3) is 11.0 Å². The number of aliphatic hydroxyl groups excluding tert-OH is 1. The number of carbonyl (C=O) groups excluding carboxylic acids is 1. The van der Waals surface area contributed by atoms with Gasteiger partial charge in [0.05, 0.1) is 30.6 Å². The molecule has 37 heavy (non-hydrogen) atoms. The van der Waals surface area contributed by atoms with Gasteiger partial charge in [-0.2, -0.15) is 0 Å². The number of amides is 1. The van der Waals surface area contributed by atoms with Crippen LogP contribution >= 0.6 is 24.8 Å². The van der Waals surface area contributed by atoms with E-state index in [0.29, 0.717) is 41.6 Å². The lowest BCUT2D eigenvalue weighted by atomic mass is 10.0. The summed E-state index contributed by atoms with van der Waals surface area (Å²) in [5, 5.41) is 17.1. The van der Waals surface area contributed by atoms with E-state index in [2.05, 4.69) is 30.5 Å². The molecule has 2 aliphatic rings. The molecule has 1 fully saturated rings. The molecule has 0 aliphatic carbocycles. The van der Waals surface area contributed by atoms with E-state index in [-0.39, 0.29) is 48.9 Å². The van der Waals surface area contributed by atoms with Gasteiger partial charge in [-0.1, -0.05) is 0 Å². The van der Waals surface area contributed by atoms with Crippen molar-refractivity contribution in [1.82, 2.24) is 25.2 Å². The molecule has 5 rings (SSSR count). The predicted molar refractivity (Wildman–Crippen MR) is 140 cm³/mol. The molecular weight excluding hydrogens is 526 g/mol. The van der Waals surface area contributed by atoms with Crippen molar-refractivity contribution in [2.75, 3.05) is 38.7 Å². The zero-order chi connectivity index (χ0) is 24.4. The van der Waals surface area contributed by atoms with Crippen LogP contribution in [0.1, 0.15) is 30.2 Å². The van der Waals surface area contributed by atoms with Gasteiger partial charge >= 0.3 is 0 Å². The Balaban J connectivity index is 0.00000190. The smallest absolute Gasteiger partial charge is 0.263 e. The van der Waals surface area contributed by atoms with Crippen molar-refractivity contribution in [3.05, 3.63) is 47.5 Å². The molecule has 0 aromatic carbocycles. The molecule has 0 bridgehead atoms. The summed E-state index contributed by atoms with van der Waals surface area (Å²) in [5.41, 5.74) is 1.78. The normalized spacial score (nSPS) is 16.6. The number of carbonyl (C=O) groups is 1. The quantitative estimate of drug-likeness (QED) is 0.404. The third-order valence-electron chi connectivity index (χ3n) is 6.34. The second-order valence-corrected chi connectivity index (χ2v) is 8.70. The molecule has 0 spiro atoms. The standard InChI is InChI=1S/C24H27FN6O4.2ClH/c1-34-21-5-3-17-23(30-21)22(16(25)11-27-17)18(32)12-31-8-6-14(7-9-31)26-10-15-2-4-19-24(28-15)29-20(33)13-35-19;;/h2-5,11,14,18,26,32H,6-10,12-13H2,1H3,(H,28,29,33);2*1H. The Morgan fingerprint density at radius 1 is 1.24 bits per heavy atom. The lowest BCUT2D eigenvalue weighted by molar-refractivity contribution is -0.118. The van der Waals surface area contributed by atoms with Gasteiger partial charge in [0, 0.05) is 30.8 Å². The Hall–Kier alpha value is -2.83. The van der Waals surface area contributed by atoms with Gasteiger partial charge in [0.2, 0.25) is 5.88 Å². The minimum Gasteiger partial charge on any atom is -0.481 e. The SMILES string of the molecule is COc1ccc2ncc(F)c(C(O)CN3CCC(NCc4ccc5c(n4)NC(=O)CO5)CC3)c2n1.Cl.Cl. The fourth-order valence-corrected chi connectivity index (χ4v) is 4.48. The molecule has 1 unspecified atom stereocenters. The van der Waals surface area contributed by atoms with Crippen LogP contribution in [-0.2, 0) is 11.3 Å². The molecule has 5 heterocycles. The molecule has 0 radical (unpaired) electrons. The minimum atomic E-state index is -1.04. The maximum Gasteiger partial charge on any atom is 0.263 e. The van der Waals surface area contributed by atoms with Gasteiger partial charge in [-0.15, -0.1) is 24.8 Å². The molecule has 10 nitrogen and oxygen atoms in total. The lowest BCUT2D eigenvalue weighted by Crippen LogP contribution is -2.43. The number of nitrogens with zero attached hydrogens (tertiary/aromatic N) is 4. The van der Waals surface area contributed by atoms with Crippen LogP contribution in [0.2, 0.25) is 0 Å². The Morgan fingerprint density at radius 2 is 2.03 bits per heavy atom. The first-order chi connectivity index (χ1) is 17.0. The summed E-state index contributed by atoms with van der Waals surface area (Å²) in [6, 6.07) is 7.34. The van der Waals surface area contributed by atoms with Gasteiger partial charge in [0.1, 0.15) is 11.3 Å². The van der Waals surface area contributed by atoms with Gasteiger partial charge in [-0.05, 0) is 44.1 Å². The number of rotatable bonds is 7. The highest BCUT2D eigenvalue weighted by atomic mass is 35.5. The summed E-state index contributed by atoms with van der Waals surface area (Å²) in [6.07, 6.45) is 1.84. The lowest BCUT2D eigenvalue weighted by Gasteiger charge is -2.33. The summed E-state index contributed by atoms with van der Waals surface area (Å²) in [7, 11) is 1.49.